The fourth-order valence-corrected chi connectivity index (χ4v) is 3.95. The maximum atomic E-state index is 12.3. The molecule has 0 bridgehead atoms. The number of hydrogen-bond acceptors (Lipinski definition) is 2. The van der Waals surface area contributed by atoms with Crippen molar-refractivity contribution in [3.8, 4) is 0 Å². The van der Waals surface area contributed by atoms with Crippen molar-refractivity contribution < 1.29 is 9.59 Å². The molecule has 3 heteroatoms. The standard InChI is InChI=1S/C16H27NO2/c1-12(2)10-13-15(19)17-14(18)11-16(13)8-6-4-3-5-7-9-16/h12-13H,3-11H2,1-2H3,(H,17,18,19). The Balaban J connectivity index is 2.22. The molecule has 0 radical (unpaired) electrons. The molecule has 1 saturated carbocycles. The van der Waals surface area contributed by atoms with Gasteiger partial charge in [-0.05, 0) is 30.6 Å². The zero-order chi connectivity index (χ0) is 13.9. The lowest BCUT2D eigenvalue weighted by Gasteiger charge is -2.44. The molecule has 1 saturated heterocycles. The molecule has 3 nitrogen and oxygen atoms in total. The predicted molar refractivity (Wildman–Crippen MR) is 75.5 cm³/mol. The smallest absolute Gasteiger partial charge is 0.230 e. The molecular weight excluding hydrogens is 238 g/mol. The Morgan fingerprint density at radius 1 is 1.11 bits per heavy atom. The zero-order valence-corrected chi connectivity index (χ0v) is 12.3. The largest absolute Gasteiger partial charge is 0.296 e. The summed E-state index contributed by atoms with van der Waals surface area (Å²) in [5, 5.41) is 2.56. The van der Waals surface area contributed by atoms with Gasteiger partial charge in [-0.1, -0.05) is 46.0 Å². The van der Waals surface area contributed by atoms with Crippen molar-refractivity contribution in [3.63, 3.8) is 0 Å². The lowest BCUT2D eigenvalue weighted by molar-refractivity contribution is -0.145. The Hall–Kier alpha value is -0.860. The van der Waals surface area contributed by atoms with Crippen LogP contribution in [0.1, 0.15) is 71.6 Å². The number of amides is 2. The van der Waals surface area contributed by atoms with Crippen molar-refractivity contribution in [2.75, 3.05) is 0 Å². The molecule has 1 aliphatic heterocycles. The van der Waals surface area contributed by atoms with Crippen molar-refractivity contribution >= 4 is 11.8 Å². The minimum atomic E-state index is -0.0504. The average Bonchev–Trinajstić information content (AvgIpc) is 2.28. The first kappa shape index (κ1) is 14.5. The van der Waals surface area contributed by atoms with Crippen molar-refractivity contribution in [2.45, 2.75) is 71.6 Å². The van der Waals surface area contributed by atoms with E-state index < -0.39 is 0 Å². The van der Waals surface area contributed by atoms with Gasteiger partial charge in [0, 0.05) is 12.3 Å². The average molecular weight is 265 g/mol. The van der Waals surface area contributed by atoms with Crippen molar-refractivity contribution in [3.05, 3.63) is 0 Å². The molecule has 0 aromatic carbocycles. The first-order chi connectivity index (χ1) is 9.03. The fraction of sp³-hybridized carbons (Fsp3) is 0.875. The second-order valence-corrected chi connectivity index (χ2v) is 6.90. The van der Waals surface area contributed by atoms with Crippen molar-refractivity contribution in [1.82, 2.24) is 5.32 Å². The highest BCUT2D eigenvalue weighted by molar-refractivity contribution is 5.99. The molecule has 1 heterocycles. The number of nitrogens with one attached hydrogen (secondary N) is 1. The normalized spacial score (nSPS) is 28.1. The number of carbonyl (C=O) groups excluding carboxylic acids is 2. The van der Waals surface area contributed by atoms with Crippen LogP contribution in [0.5, 0.6) is 0 Å². The summed E-state index contributed by atoms with van der Waals surface area (Å²) < 4.78 is 0. The van der Waals surface area contributed by atoms with Gasteiger partial charge in [-0.3, -0.25) is 14.9 Å². The van der Waals surface area contributed by atoms with Crippen LogP contribution >= 0.6 is 0 Å². The molecule has 1 aliphatic carbocycles. The second-order valence-electron chi connectivity index (χ2n) is 6.90. The summed E-state index contributed by atoms with van der Waals surface area (Å²) in [6.07, 6.45) is 9.77. The maximum absolute atomic E-state index is 12.3. The van der Waals surface area contributed by atoms with Crippen molar-refractivity contribution in [1.29, 1.82) is 0 Å². The molecule has 1 spiro atoms. The van der Waals surface area contributed by atoms with Gasteiger partial charge < -0.3 is 0 Å². The number of hydrogen-bond donors (Lipinski definition) is 1. The zero-order valence-electron chi connectivity index (χ0n) is 12.3. The van der Waals surface area contributed by atoms with Gasteiger partial charge in [-0.15, -0.1) is 0 Å². The van der Waals surface area contributed by atoms with Crippen LogP contribution in [-0.2, 0) is 9.59 Å². The summed E-state index contributed by atoms with van der Waals surface area (Å²) in [6, 6.07) is 0. The molecule has 2 aliphatic rings. The molecule has 1 atom stereocenters. The van der Waals surface area contributed by atoms with E-state index in [-0.39, 0.29) is 23.1 Å². The van der Waals surface area contributed by atoms with Gasteiger partial charge >= 0.3 is 0 Å². The highest BCUT2D eigenvalue weighted by Gasteiger charge is 2.47. The van der Waals surface area contributed by atoms with Gasteiger partial charge in [0.05, 0.1) is 0 Å². The third kappa shape index (κ3) is 3.37. The summed E-state index contributed by atoms with van der Waals surface area (Å²) in [6.45, 7) is 4.33. The van der Waals surface area contributed by atoms with E-state index >= 15 is 0 Å². The second kappa shape index (κ2) is 6.06. The van der Waals surface area contributed by atoms with Crippen LogP contribution in [0.4, 0.5) is 0 Å². The number of rotatable bonds is 2. The van der Waals surface area contributed by atoms with E-state index in [1.165, 1.54) is 32.1 Å². The van der Waals surface area contributed by atoms with Crippen LogP contribution in [0.15, 0.2) is 0 Å². The maximum Gasteiger partial charge on any atom is 0.230 e. The van der Waals surface area contributed by atoms with E-state index in [0.29, 0.717) is 12.3 Å². The Kier molecular flexibility index (Phi) is 4.64. The Morgan fingerprint density at radius 2 is 1.68 bits per heavy atom. The quantitative estimate of drug-likeness (QED) is 0.778. The van der Waals surface area contributed by atoms with Crippen LogP contribution in [0.2, 0.25) is 0 Å². The van der Waals surface area contributed by atoms with Crippen LogP contribution < -0.4 is 5.32 Å². The Bertz CT molecular complexity index is 341. The van der Waals surface area contributed by atoms with Gasteiger partial charge in [0.1, 0.15) is 0 Å². The SMILES string of the molecule is CC(C)CC1C(=O)NC(=O)CC12CCCCCCC2. The van der Waals surface area contributed by atoms with E-state index in [4.69, 9.17) is 0 Å². The van der Waals surface area contributed by atoms with Crippen LogP contribution in [0.25, 0.3) is 0 Å². The highest BCUT2D eigenvalue weighted by atomic mass is 16.2. The predicted octanol–water partition coefficient (Wildman–Crippen LogP) is 3.43. The van der Waals surface area contributed by atoms with E-state index in [1.54, 1.807) is 0 Å². The van der Waals surface area contributed by atoms with Gasteiger partial charge in [0.15, 0.2) is 0 Å². The summed E-state index contributed by atoms with van der Waals surface area (Å²) >= 11 is 0. The third-order valence-electron chi connectivity index (χ3n) is 4.89. The lowest BCUT2D eigenvalue weighted by Crippen LogP contribution is -2.52. The van der Waals surface area contributed by atoms with Crippen LogP contribution in [-0.4, -0.2) is 11.8 Å². The molecule has 19 heavy (non-hydrogen) atoms. The molecule has 2 rings (SSSR count). The van der Waals surface area contributed by atoms with E-state index in [9.17, 15) is 9.59 Å². The summed E-state index contributed by atoms with van der Waals surface area (Å²) in [7, 11) is 0. The molecular formula is C16H27NO2. The van der Waals surface area contributed by atoms with E-state index in [0.717, 1.165) is 19.3 Å². The van der Waals surface area contributed by atoms with E-state index in [1.807, 2.05) is 0 Å². The van der Waals surface area contributed by atoms with Crippen LogP contribution in [0.3, 0.4) is 0 Å². The lowest BCUT2D eigenvalue weighted by atomic mass is 9.61. The summed E-state index contributed by atoms with van der Waals surface area (Å²) in [5.41, 5.74) is -0.0376. The molecule has 108 valence electrons. The van der Waals surface area contributed by atoms with Gasteiger partial charge in [0.2, 0.25) is 11.8 Å². The minimum absolute atomic E-state index is 0.00877. The fourth-order valence-electron chi connectivity index (χ4n) is 3.95. The summed E-state index contributed by atoms with van der Waals surface area (Å²) in [5.74, 6) is 0.491. The van der Waals surface area contributed by atoms with Gasteiger partial charge in [-0.2, -0.15) is 0 Å². The monoisotopic (exact) mass is 265 g/mol. The number of carbonyl (C=O) groups is 2. The molecule has 0 aromatic heterocycles. The molecule has 2 amide bonds. The molecule has 1 unspecified atom stereocenters. The van der Waals surface area contributed by atoms with Gasteiger partial charge in [0.25, 0.3) is 0 Å². The Morgan fingerprint density at radius 3 is 2.26 bits per heavy atom. The topological polar surface area (TPSA) is 46.2 Å². The molecule has 1 N–H and O–H groups in total. The van der Waals surface area contributed by atoms with Gasteiger partial charge in [-0.25, -0.2) is 0 Å². The first-order valence-electron chi connectivity index (χ1n) is 7.87. The Labute approximate surface area is 116 Å². The van der Waals surface area contributed by atoms with E-state index in [2.05, 4.69) is 19.2 Å². The molecule has 0 aromatic rings. The number of imide groups is 1. The summed E-state index contributed by atoms with van der Waals surface area (Å²) in [4.78, 5) is 24.1. The first-order valence-corrected chi connectivity index (χ1v) is 7.87. The minimum Gasteiger partial charge on any atom is -0.296 e. The van der Waals surface area contributed by atoms with Crippen molar-refractivity contribution in [2.24, 2.45) is 17.3 Å². The number of piperidine rings is 1. The molecule has 2 fully saturated rings. The van der Waals surface area contributed by atoms with Crippen LogP contribution in [0, 0.1) is 17.3 Å². The highest BCUT2D eigenvalue weighted by Crippen LogP contribution is 2.47. The third-order valence-corrected chi connectivity index (χ3v) is 4.89.